The van der Waals surface area contributed by atoms with Gasteiger partial charge in [-0.3, -0.25) is 0 Å². The fraction of sp³-hybridized carbons (Fsp3) is 0.690. The Morgan fingerprint density at radius 1 is 0.861 bits per heavy atom. The summed E-state index contributed by atoms with van der Waals surface area (Å²) in [5.74, 6) is -0.999. The van der Waals surface area contributed by atoms with Gasteiger partial charge in [-0.05, 0) is 93.2 Å². The van der Waals surface area contributed by atoms with Crippen molar-refractivity contribution in [2.45, 2.75) is 127 Å². The summed E-state index contributed by atoms with van der Waals surface area (Å²) in [7, 11) is 0. The molecule has 0 heterocycles. The van der Waals surface area contributed by atoms with E-state index < -0.39 is 24.3 Å². The lowest BCUT2D eigenvalue weighted by atomic mass is 9.78. The second-order valence-corrected chi connectivity index (χ2v) is 10.3. The molecule has 2 aliphatic carbocycles. The second kappa shape index (κ2) is 13.7. The molecule has 0 aromatic heterocycles. The molecule has 0 N–H and O–H groups in total. The molecular weight excluding hydrogens is 464 g/mol. The minimum atomic E-state index is -1.55. The Labute approximate surface area is 213 Å². The van der Waals surface area contributed by atoms with Crippen molar-refractivity contribution in [2.75, 3.05) is 0 Å². The fourth-order valence-corrected chi connectivity index (χ4v) is 5.51. The third-order valence-corrected chi connectivity index (χ3v) is 7.62. The number of esters is 2. The van der Waals surface area contributed by atoms with Gasteiger partial charge >= 0.3 is 11.9 Å². The van der Waals surface area contributed by atoms with Crippen LogP contribution in [0.3, 0.4) is 0 Å². The van der Waals surface area contributed by atoms with Gasteiger partial charge in [0.1, 0.15) is 12.2 Å². The van der Waals surface area contributed by atoms with E-state index in [-0.39, 0.29) is 36.9 Å². The van der Waals surface area contributed by atoms with Gasteiger partial charge in [-0.15, -0.1) is 0 Å². The highest BCUT2D eigenvalue weighted by Crippen LogP contribution is 2.39. The van der Waals surface area contributed by atoms with E-state index in [1.54, 1.807) is 0 Å². The summed E-state index contributed by atoms with van der Waals surface area (Å²) < 4.78 is 38.3. The normalized spacial score (nSPS) is 25.9. The highest BCUT2D eigenvalue weighted by atomic mass is 19.1. The van der Waals surface area contributed by atoms with E-state index in [9.17, 15) is 23.6 Å². The first kappa shape index (κ1) is 28.1. The van der Waals surface area contributed by atoms with Gasteiger partial charge in [0.25, 0.3) is 0 Å². The molecular formula is C29H39F2NO4. The maximum absolute atomic E-state index is 13.8. The minimum Gasteiger partial charge on any atom is -0.460 e. The first-order valence-electron chi connectivity index (χ1n) is 13.6. The molecule has 36 heavy (non-hydrogen) atoms. The lowest BCUT2D eigenvalue weighted by molar-refractivity contribution is -0.157. The molecule has 3 rings (SSSR count). The molecule has 0 bridgehead atoms. The number of hydrogen-bond acceptors (Lipinski definition) is 5. The van der Waals surface area contributed by atoms with Crippen LogP contribution in [-0.2, 0) is 19.1 Å². The number of ether oxygens (including phenoxy) is 2. The third kappa shape index (κ3) is 7.51. The van der Waals surface area contributed by atoms with Crippen molar-refractivity contribution in [1.82, 2.24) is 0 Å². The van der Waals surface area contributed by atoms with Crippen molar-refractivity contribution in [3.63, 3.8) is 0 Å². The number of halogens is 2. The molecule has 0 aliphatic heterocycles. The van der Waals surface area contributed by atoms with E-state index in [1.807, 2.05) is 26.0 Å². The zero-order chi connectivity index (χ0) is 26.1. The topological polar surface area (TPSA) is 76.4 Å². The standard InChI is InChI=1S/C29H39F2NO4/c1-3-5-26(30)28(33)35-23-12-7-19(8-13-23)21-11-16-25(22(17-21)18-32)20-9-14-24(15-10-20)36-29(34)27(31)6-4-2/h11,16-17,19-20,23-24,26-27H,3-10,12-15H2,1-2H3. The number of carbonyl (C=O) groups excluding carboxylic acids is 2. The van der Waals surface area contributed by atoms with E-state index in [2.05, 4.69) is 12.1 Å². The highest BCUT2D eigenvalue weighted by Gasteiger charge is 2.30. The molecule has 0 radical (unpaired) electrons. The first-order chi connectivity index (χ1) is 17.4. The van der Waals surface area contributed by atoms with E-state index in [1.165, 1.54) is 0 Å². The van der Waals surface area contributed by atoms with Gasteiger partial charge in [0.15, 0.2) is 12.3 Å². The van der Waals surface area contributed by atoms with Gasteiger partial charge in [-0.1, -0.05) is 38.8 Å². The van der Waals surface area contributed by atoms with Gasteiger partial charge in [-0.2, -0.15) is 5.26 Å². The van der Waals surface area contributed by atoms with Gasteiger partial charge < -0.3 is 9.47 Å². The van der Waals surface area contributed by atoms with Crippen LogP contribution in [0.1, 0.15) is 119 Å². The quantitative estimate of drug-likeness (QED) is 0.322. The first-order valence-corrected chi connectivity index (χ1v) is 13.6. The third-order valence-electron chi connectivity index (χ3n) is 7.62. The zero-order valence-corrected chi connectivity index (χ0v) is 21.5. The minimum absolute atomic E-state index is 0.190. The summed E-state index contributed by atoms with van der Waals surface area (Å²) in [5, 5.41) is 9.84. The van der Waals surface area contributed by atoms with Crippen LogP contribution >= 0.6 is 0 Å². The molecule has 2 atom stereocenters. The van der Waals surface area contributed by atoms with Crippen molar-refractivity contribution in [1.29, 1.82) is 5.26 Å². The Hall–Kier alpha value is -2.49. The van der Waals surface area contributed by atoms with E-state index >= 15 is 0 Å². The number of alkyl halides is 2. The number of hydrogen-bond donors (Lipinski definition) is 0. The summed E-state index contributed by atoms with van der Waals surface area (Å²) in [6.07, 6.45) is 3.98. The molecule has 1 aromatic rings. The van der Waals surface area contributed by atoms with E-state index in [4.69, 9.17) is 9.47 Å². The average Bonchev–Trinajstić information content (AvgIpc) is 2.89. The Bertz CT molecular complexity index is 914. The van der Waals surface area contributed by atoms with Crippen molar-refractivity contribution >= 4 is 11.9 Å². The molecule has 7 heteroatoms. The maximum Gasteiger partial charge on any atom is 0.340 e. The lowest BCUT2D eigenvalue weighted by Gasteiger charge is -2.31. The molecule has 2 aliphatic rings. The molecule has 1 aromatic carbocycles. The summed E-state index contributed by atoms with van der Waals surface area (Å²) in [6, 6.07) is 8.48. The predicted octanol–water partition coefficient (Wildman–Crippen LogP) is 6.97. The van der Waals surface area contributed by atoms with Crippen LogP contribution < -0.4 is 0 Å². The lowest BCUT2D eigenvalue weighted by Crippen LogP contribution is -2.28. The molecule has 2 unspecified atom stereocenters. The smallest absolute Gasteiger partial charge is 0.340 e. The SMILES string of the molecule is CCCC(F)C(=O)OC1CCC(c2ccc(C3CCC(OC(=O)C(F)CCC)CC3)c(C#N)c2)CC1. The predicted molar refractivity (Wildman–Crippen MR) is 133 cm³/mol. The van der Waals surface area contributed by atoms with Gasteiger partial charge in [0, 0.05) is 0 Å². The number of nitriles is 1. The molecule has 0 spiro atoms. The zero-order valence-electron chi connectivity index (χ0n) is 21.5. The molecule has 2 saturated carbocycles. The second-order valence-electron chi connectivity index (χ2n) is 10.3. The van der Waals surface area contributed by atoms with Crippen LogP contribution in [0.5, 0.6) is 0 Å². The molecule has 198 valence electrons. The summed E-state index contributed by atoms with van der Waals surface area (Å²) in [5.41, 5.74) is 2.81. The molecule has 0 amide bonds. The molecule has 5 nitrogen and oxygen atoms in total. The Morgan fingerprint density at radius 3 is 1.78 bits per heavy atom. The number of nitrogens with zero attached hydrogens (tertiary/aromatic N) is 1. The van der Waals surface area contributed by atoms with Gasteiger partial charge in [0.2, 0.25) is 0 Å². The highest BCUT2D eigenvalue weighted by molar-refractivity contribution is 5.75. The van der Waals surface area contributed by atoms with E-state index in [0.717, 1.165) is 36.8 Å². The maximum atomic E-state index is 13.8. The van der Waals surface area contributed by atoms with Crippen LogP contribution in [0.15, 0.2) is 18.2 Å². The van der Waals surface area contributed by atoms with Crippen LogP contribution in [0, 0.1) is 11.3 Å². The van der Waals surface area contributed by atoms with Crippen molar-refractivity contribution in [3.05, 3.63) is 34.9 Å². The summed E-state index contributed by atoms with van der Waals surface area (Å²) in [6.45, 7) is 3.67. The van der Waals surface area contributed by atoms with Crippen molar-refractivity contribution in [3.8, 4) is 6.07 Å². The summed E-state index contributed by atoms with van der Waals surface area (Å²) >= 11 is 0. The Kier molecular flexibility index (Phi) is 10.7. The molecule has 0 saturated heterocycles. The van der Waals surface area contributed by atoms with Gasteiger partial charge in [0.05, 0.1) is 11.6 Å². The van der Waals surface area contributed by atoms with Crippen molar-refractivity contribution in [2.24, 2.45) is 0 Å². The monoisotopic (exact) mass is 503 g/mol. The number of carbonyl (C=O) groups is 2. The Balaban J connectivity index is 1.52. The summed E-state index contributed by atoms with van der Waals surface area (Å²) in [4.78, 5) is 23.8. The van der Waals surface area contributed by atoms with Gasteiger partial charge in [-0.25, -0.2) is 18.4 Å². The fourth-order valence-electron chi connectivity index (χ4n) is 5.51. The average molecular weight is 504 g/mol. The van der Waals surface area contributed by atoms with Crippen LogP contribution in [0.2, 0.25) is 0 Å². The van der Waals surface area contributed by atoms with Crippen molar-refractivity contribution < 1.29 is 27.8 Å². The van der Waals surface area contributed by atoms with Crippen LogP contribution in [-0.4, -0.2) is 36.5 Å². The Morgan fingerprint density at radius 2 is 1.33 bits per heavy atom. The van der Waals surface area contributed by atoms with E-state index in [0.29, 0.717) is 44.1 Å². The number of benzene rings is 1. The molecule has 2 fully saturated rings. The van der Waals surface area contributed by atoms with Crippen LogP contribution in [0.25, 0.3) is 0 Å². The van der Waals surface area contributed by atoms with Crippen LogP contribution in [0.4, 0.5) is 8.78 Å². The number of rotatable bonds is 10. The largest absolute Gasteiger partial charge is 0.460 e.